The van der Waals surface area contributed by atoms with E-state index < -0.39 is 23.7 Å². The van der Waals surface area contributed by atoms with E-state index in [0.717, 1.165) is 0 Å². The first-order chi connectivity index (χ1) is 8.41. The zero-order valence-corrected chi connectivity index (χ0v) is 10.5. The summed E-state index contributed by atoms with van der Waals surface area (Å²) in [5, 5.41) is 11.7. The van der Waals surface area contributed by atoms with Gasteiger partial charge in [-0.25, -0.2) is 0 Å². The molecule has 0 heterocycles. The fourth-order valence-corrected chi connectivity index (χ4v) is 2.46. The summed E-state index contributed by atoms with van der Waals surface area (Å²) in [6.07, 6.45) is 1.87. The van der Waals surface area contributed by atoms with Crippen molar-refractivity contribution in [3.63, 3.8) is 0 Å². The lowest BCUT2D eigenvalue weighted by atomic mass is 9.95. The summed E-state index contributed by atoms with van der Waals surface area (Å²) in [7, 11) is 0. The summed E-state index contributed by atoms with van der Waals surface area (Å²) >= 11 is 0. The molecule has 1 unspecified atom stereocenters. The van der Waals surface area contributed by atoms with Crippen LogP contribution in [0.1, 0.15) is 32.6 Å². The van der Waals surface area contributed by atoms with Gasteiger partial charge in [0.15, 0.2) is 0 Å². The number of rotatable bonds is 6. The largest absolute Gasteiger partial charge is 0.481 e. The molecular formula is C12H20N2O4. The Morgan fingerprint density at radius 2 is 1.89 bits per heavy atom. The fourth-order valence-electron chi connectivity index (χ4n) is 2.46. The van der Waals surface area contributed by atoms with Gasteiger partial charge in [0.05, 0.1) is 11.8 Å². The van der Waals surface area contributed by atoms with Gasteiger partial charge in [-0.15, -0.1) is 0 Å². The lowest BCUT2D eigenvalue weighted by Crippen LogP contribution is -2.36. The zero-order valence-electron chi connectivity index (χ0n) is 10.5. The minimum Gasteiger partial charge on any atom is -0.481 e. The molecule has 1 rings (SSSR count). The highest BCUT2D eigenvalue weighted by Crippen LogP contribution is 2.36. The van der Waals surface area contributed by atoms with Crippen molar-refractivity contribution in [2.45, 2.75) is 32.6 Å². The highest BCUT2D eigenvalue weighted by molar-refractivity contribution is 5.85. The average Bonchev–Trinajstić information content (AvgIpc) is 2.66. The maximum Gasteiger partial charge on any atom is 0.307 e. The van der Waals surface area contributed by atoms with Gasteiger partial charge in [-0.2, -0.15) is 0 Å². The molecule has 0 spiro atoms. The summed E-state index contributed by atoms with van der Waals surface area (Å²) in [6, 6.07) is 0. The van der Waals surface area contributed by atoms with Gasteiger partial charge in [-0.3, -0.25) is 14.4 Å². The zero-order chi connectivity index (χ0) is 13.7. The molecular weight excluding hydrogens is 236 g/mol. The molecule has 3 atom stereocenters. The Morgan fingerprint density at radius 3 is 2.44 bits per heavy atom. The van der Waals surface area contributed by atoms with Crippen LogP contribution in [0, 0.1) is 17.8 Å². The molecule has 0 aromatic rings. The maximum absolute atomic E-state index is 11.9. The van der Waals surface area contributed by atoms with Crippen LogP contribution in [0.25, 0.3) is 0 Å². The number of nitrogens with two attached hydrogens (primary N) is 1. The second-order valence-electron chi connectivity index (χ2n) is 4.99. The lowest BCUT2D eigenvalue weighted by Gasteiger charge is -2.15. The molecule has 6 nitrogen and oxygen atoms in total. The third-order valence-corrected chi connectivity index (χ3v) is 3.35. The van der Waals surface area contributed by atoms with E-state index in [4.69, 9.17) is 10.8 Å². The van der Waals surface area contributed by atoms with Gasteiger partial charge in [0.1, 0.15) is 0 Å². The Labute approximate surface area is 106 Å². The van der Waals surface area contributed by atoms with Crippen molar-refractivity contribution in [3.05, 3.63) is 0 Å². The molecule has 0 aromatic carbocycles. The van der Waals surface area contributed by atoms with Crippen LogP contribution >= 0.6 is 0 Å². The fraction of sp³-hybridized carbons (Fsp3) is 0.750. The highest BCUT2D eigenvalue weighted by atomic mass is 16.4. The van der Waals surface area contributed by atoms with Crippen LogP contribution in [0.2, 0.25) is 0 Å². The average molecular weight is 256 g/mol. The number of hydrogen-bond acceptors (Lipinski definition) is 3. The van der Waals surface area contributed by atoms with Crippen LogP contribution in [0.15, 0.2) is 0 Å². The molecule has 0 aliphatic heterocycles. The van der Waals surface area contributed by atoms with Crippen molar-refractivity contribution >= 4 is 17.8 Å². The number of amides is 2. The molecule has 0 saturated heterocycles. The van der Waals surface area contributed by atoms with E-state index in [9.17, 15) is 14.4 Å². The summed E-state index contributed by atoms with van der Waals surface area (Å²) in [4.78, 5) is 33.4. The number of carboxylic acid groups (broad SMARTS) is 1. The van der Waals surface area contributed by atoms with Crippen LogP contribution in [-0.4, -0.2) is 29.4 Å². The molecule has 1 aliphatic carbocycles. The topological polar surface area (TPSA) is 109 Å². The third kappa shape index (κ3) is 4.01. The van der Waals surface area contributed by atoms with Crippen molar-refractivity contribution in [3.8, 4) is 0 Å². The van der Waals surface area contributed by atoms with E-state index in [0.29, 0.717) is 25.8 Å². The smallest absolute Gasteiger partial charge is 0.307 e. The van der Waals surface area contributed by atoms with E-state index in [-0.39, 0.29) is 18.2 Å². The molecule has 6 heteroatoms. The summed E-state index contributed by atoms with van der Waals surface area (Å²) in [5.74, 6) is -2.32. The minimum atomic E-state index is -0.906. The molecule has 18 heavy (non-hydrogen) atoms. The molecule has 102 valence electrons. The van der Waals surface area contributed by atoms with Crippen LogP contribution in [0.5, 0.6) is 0 Å². The number of carboxylic acids is 1. The van der Waals surface area contributed by atoms with Crippen molar-refractivity contribution in [2.24, 2.45) is 23.5 Å². The van der Waals surface area contributed by atoms with E-state index in [2.05, 4.69) is 5.32 Å². The monoisotopic (exact) mass is 256 g/mol. The normalized spacial score (nSPS) is 26.8. The van der Waals surface area contributed by atoms with Crippen molar-refractivity contribution in [1.29, 1.82) is 0 Å². The molecule has 2 amide bonds. The van der Waals surface area contributed by atoms with Crippen molar-refractivity contribution < 1.29 is 19.5 Å². The Kier molecular flexibility index (Phi) is 5.12. The SMILES string of the molecule is CC1C[C@H](C(=O)NCCCC(N)=O)[C@H](C(=O)O)C1. The number of carbonyl (C=O) groups is 3. The maximum atomic E-state index is 11.9. The summed E-state index contributed by atoms with van der Waals surface area (Å²) in [6.45, 7) is 2.31. The standard InChI is InChI=1S/C12H20N2O4/c1-7-5-8(9(6-7)12(17)18)11(16)14-4-2-3-10(13)15/h7-9H,2-6H2,1H3,(H2,13,15)(H,14,16)(H,17,18)/t7?,8-,9+/m0/s1. The lowest BCUT2D eigenvalue weighted by molar-refractivity contribution is -0.146. The minimum absolute atomic E-state index is 0.226. The number of carbonyl (C=O) groups excluding carboxylic acids is 2. The molecule has 1 fully saturated rings. The number of aliphatic carboxylic acids is 1. The predicted molar refractivity (Wildman–Crippen MR) is 64.5 cm³/mol. The summed E-state index contributed by atoms with van der Waals surface area (Å²) < 4.78 is 0. The van der Waals surface area contributed by atoms with Crippen LogP contribution in [0.4, 0.5) is 0 Å². The second-order valence-corrected chi connectivity index (χ2v) is 4.99. The Hall–Kier alpha value is -1.59. The van der Waals surface area contributed by atoms with Crippen molar-refractivity contribution in [1.82, 2.24) is 5.32 Å². The predicted octanol–water partition coefficient (Wildman–Crippen LogP) is 0.115. The van der Waals surface area contributed by atoms with E-state index in [1.165, 1.54) is 0 Å². The Morgan fingerprint density at radius 1 is 1.28 bits per heavy atom. The van der Waals surface area contributed by atoms with Gasteiger partial charge in [0, 0.05) is 13.0 Å². The van der Waals surface area contributed by atoms with Gasteiger partial charge < -0.3 is 16.2 Å². The Bertz CT molecular complexity index is 343. The second kappa shape index (κ2) is 6.37. The van der Waals surface area contributed by atoms with Crippen molar-refractivity contribution in [2.75, 3.05) is 6.54 Å². The number of primary amides is 1. The molecule has 0 aromatic heterocycles. The van der Waals surface area contributed by atoms with Gasteiger partial charge in [0.25, 0.3) is 0 Å². The number of nitrogens with one attached hydrogen (secondary N) is 1. The van der Waals surface area contributed by atoms with E-state index in [1.807, 2.05) is 6.92 Å². The van der Waals surface area contributed by atoms with E-state index >= 15 is 0 Å². The molecule has 4 N–H and O–H groups in total. The number of hydrogen-bond donors (Lipinski definition) is 3. The quantitative estimate of drug-likeness (QED) is 0.586. The van der Waals surface area contributed by atoms with Gasteiger partial charge >= 0.3 is 5.97 Å². The third-order valence-electron chi connectivity index (χ3n) is 3.35. The molecule has 1 saturated carbocycles. The van der Waals surface area contributed by atoms with Gasteiger partial charge in [-0.1, -0.05) is 6.92 Å². The molecule has 0 radical (unpaired) electrons. The van der Waals surface area contributed by atoms with Crippen LogP contribution in [-0.2, 0) is 14.4 Å². The van der Waals surface area contributed by atoms with Crippen LogP contribution in [0.3, 0.4) is 0 Å². The molecule has 0 bridgehead atoms. The highest BCUT2D eigenvalue weighted by Gasteiger charge is 2.40. The van der Waals surface area contributed by atoms with Gasteiger partial charge in [-0.05, 0) is 25.2 Å². The Balaban J connectivity index is 2.40. The molecule has 1 aliphatic rings. The van der Waals surface area contributed by atoms with Crippen LogP contribution < -0.4 is 11.1 Å². The first kappa shape index (κ1) is 14.5. The summed E-state index contributed by atoms with van der Waals surface area (Å²) in [5.41, 5.74) is 4.98. The first-order valence-electron chi connectivity index (χ1n) is 6.20. The van der Waals surface area contributed by atoms with E-state index in [1.54, 1.807) is 0 Å². The first-order valence-corrected chi connectivity index (χ1v) is 6.20. The van der Waals surface area contributed by atoms with Gasteiger partial charge in [0.2, 0.25) is 11.8 Å².